The number of aromatic nitrogens is 2. The van der Waals surface area contributed by atoms with Gasteiger partial charge in [-0.25, -0.2) is 9.78 Å². The van der Waals surface area contributed by atoms with Crippen molar-refractivity contribution in [3.63, 3.8) is 0 Å². The number of urea groups is 1. The van der Waals surface area contributed by atoms with Crippen LogP contribution in [0, 0.1) is 0 Å². The molecular formula is C19H25N5O2. The summed E-state index contributed by atoms with van der Waals surface area (Å²) < 4.78 is 0. The topological polar surface area (TPSA) is 81.3 Å². The number of hydrogen-bond acceptors (Lipinski definition) is 3. The summed E-state index contributed by atoms with van der Waals surface area (Å²) >= 11 is 0. The smallest absolute Gasteiger partial charge is 0.317 e. The molecule has 1 aromatic heterocycles. The molecule has 0 unspecified atom stereocenters. The normalized spacial score (nSPS) is 18.5. The van der Waals surface area contributed by atoms with Gasteiger partial charge in [-0.3, -0.25) is 4.79 Å². The Morgan fingerprint density at radius 1 is 1.12 bits per heavy atom. The van der Waals surface area contributed by atoms with Gasteiger partial charge in [0.2, 0.25) is 5.91 Å². The molecule has 1 aliphatic carbocycles. The summed E-state index contributed by atoms with van der Waals surface area (Å²) in [7, 11) is 0. The third kappa shape index (κ3) is 3.66. The number of rotatable bonds is 3. The second-order valence-electron chi connectivity index (χ2n) is 7.23. The highest BCUT2D eigenvalue weighted by atomic mass is 16.2. The molecule has 1 aliphatic heterocycles. The monoisotopic (exact) mass is 355 g/mol. The highest BCUT2D eigenvalue weighted by molar-refractivity contribution is 5.82. The Balaban J connectivity index is 1.28. The maximum atomic E-state index is 12.6. The average molecular weight is 355 g/mol. The van der Waals surface area contributed by atoms with E-state index in [0.29, 0.717) is 38.6 Å². The molecule has 2 N–H and O–H groups in total. The van der Waals surface area contributed by atoms with Crippen molar-refractivity contribution in [3.8, 4) is 0 Å². The fraction of sp³-hybridized carbons (Fsp3) is 0.526. The Bertz CT molecular complexity index is 788. The predicted octanol–water partition coefficient (Wildman–Crippen LogP) is 1.90. The van der Waals surface area contributed by atoms with Crippen LogP contribution in [0.1, 0.15) is 31.2 Å². The zero-order valence-electron chi connectivity index (χ0n) is 14.9. The van der Waals surface area contributed by atoms with Crippen LogP contribution in [0.3, 0.4) is 0 Å². The first-order valence-electron chi connectivity index (χ1n) is 9.44. The zero-order valence-corrected chi connectivity index (χ0v) is 14.9. The molecule has 0 atom stereocenters. The number of benzene rings is 1. The SMILES string of the molecule is O=C(Cc1ccc2nc[nH]c2c1)N1CCN(C(=O)NC2CCCC2)CC1. The van der Waals surface area contributed by atoms with Crippen molar-refractivity contribution < 1.29 is 9.59 Å². The molecule has 2 aromatic rings. The molecule has 0 bridgehead atoms. The maximum absolute atomic E-state index is 12.6. The van der Waals surface area contributed by atoms with Gasteiger partial charge in [-0.1, -0.05) is 18.9 Å². The number of imidazole rings is 1. The number of H-pyrrole nitrogens is 1. The van der Waals surface area contributed by atoms with Crippen molar-refractivity contribution in [1.29, 1.82) is 0 Å². The average Bonchev–Trinajstić information content (AvgIpc) is 3.33. The second-order valence-corrected chi connectivity index (χ2v) is 7.23. The number of fused-ring (bicyclic) bond motifs is 1. The molecule has 0 spiro atoms. The van der Waals surface area contributed by atoms with Gasteiger partial charge in [0.05, 0.1) is 23.8 Å². The first-order valence-corrected chi connectivity index (χ1v) is 9.44. The fourth-order valence-electron chi connectivity index (χ4n) is 3.87. The van der Waals surface area contributed by atoms with Gasteiger partial charge in [0.1, 0.15) is 0 Å². The molecule has 2 heterocycles. The van der Waals surface area contributed by atoms with Gasteiger partial charge in [-0.2, -0.15) is 0 Å². The lowest BCUT2D eigenvalue weighted by molar-refractivity contribution is -0.131. The van der Waals surface area contributed by atoms with E-state index < -0.39 is 0 Å². The van der Waals surface area contributed by atoms with Crippen molar-refractivity contribution in [2.45, 2.75) is 38.1 Å². The lowest BCUT2D eigenvalue weighted by Crippen LogP contribution is -2.54. The van der Waals surface area contributed by atoms with Crippen molar-refractivity contribution in [2.24, 2.45) is 0 Å². The summed E-state index contributed by atoms with van der Waals surface area (Å²) in [6.07, 6.45) is 6.63. The van der Waals surface area contributed by atoms with Crippen LogP contribution in [0.2, 0.25) is 0 Å². The molecule has 7 nitrogen and oxygen atoms in total. The molecule has 138 valence electrons. The standard InChI is InChI=1S/C19H25N5O2/c25-18(12-14-5-6-16-17(11-14)21-13-20-16)23-7-9-24(10-8-23)19(26)22-15-3-1-2-4-15/h5-6,11,13,15H,1-4,7-10,12H2,(H,20,21)(H,22,26). The number of piperazine rings is 1. The van der Waals surface area contributed by atoms with Crippen LogP contribution in [0.25, 0.3) is 11.0 Å². The van der Waals surface area contributed by atoms with Crippen LogP contribution in [-0.4, -0.2) is 63.9 Å². The van der Waals surface area contributed by atoms with E-state index in [0.717, 1.165) is 29.4 Å². The molecule has 0 radical (unpaired) electrons. The van der Waals surface area contributed by atoms with E-state index in [1.54, 1.807) is 6.33 Å². The van der Waals surface area contributed by atoms with Gasteiger partial charge >= 0.3 is 6.03 Å². The highest BCUT2D eigenvalue weighted by Gasteiger charge is 2.26. The van der Waals surface area contributed by atoms with Crippen LogP contribution in [0.15, 0.2) is 24.5 Å². The Kier molecular flexibility index (Phi) is 4.77. The molecule has 2 fully saturated rings. The van der Waals surface area contributed by atoms with Gasteiger partial charge in [-0.15, -0.1) is 0 Å². The van der Waals surface area contributed by atoms with Crippen molar-refractivity contribution in [3.05, 3.63) is 30.1 Å². The minimum atomic E-state index is 0.0219. The summed E-state index contributed by atoms with van der Waals surface area (Å²) in [5, 5.41) is 3.12. The number of carbonyl (C=O) groups excluding carboxylic acids is 2. The van der Waals surface area contributed by atoms with Crippen molar-refractivity contribution in [1.82, 2.24) is 25.1 Å². The van der Waals surface area contributed by atoms with Crippen LogP contribution in [0.4, 0.5) is 4.79 Å². The van der Waals surface area contributed by atoms with Crippen LogP contribution < -0.4 is 5.32 Å². The zero-order chi connectivity index (χ0) is 17.9. The molecule has 4 rings (SSSR count). The quantitative estimate of drug-likeness (QED) is 0.882. The minimum absolute atomic E-state index is 0.0219. The van der Waals surface area contributed by atoms with E-state index in [1.807, 2.05) is 28.0 Å². The molecule has 7 heteroatoms. The summed E-state index contributed by atoms with van der Waals surface area (Å²) in [6.45, 7) is 2.40. The fourth-order valence-corrected chi connectivity index (χ4v) is 3.87. The van der Waals surface area contributed by atoms with Crippen LogP contribution in [-0.2, 0) is 11.2 Å². The Hall–Kier alpha value is -2.57. The molecule has 1 saturated carbocycles. The molecule has 2 aliphatic rings. The van der Waals surface area contributed by atoms with Crippen LogP contribution in [0.5, 0.6) is 0 Å². The van der Waals surface area contributed by atoms with E-state index in [-0.39, 0.29) is 11.9 Å². The Morgan fingerprint density at radius 3 is 2.62 bits per heavy atom. The molecular weight excluding hydrogens is 330 g/mol. The second kappa shape index (κ2) is 7.35. The predicted molar refractivity (Wildman–Crippen MR) is 98.7 cm³/mol. The molecule has 3 amide bonds. The summed E-state index contributed by atoms with van der Waals surface area (Å²) in [5.74, 6) is 0.111. The Morgan fingerprint density at radius 2 is 1.85 bits per heavy atom. The van der Waals surface area contributed by atoms with E-state index >= 15 is 0 Å². The number of nitrogens with one attached hydrogen (secondary N) is 2. The van der Waals surface area contributed by atoms with Gasteiger partial charge in [0.25, 0.3) is 0 Å². The largest absolute Gasteiger partial charge is 0.345 e. The van der Waals surface area contributed by atoms with Crippen molar-refractivity contribution >= 4 is 23.0 Å². The van der Waals surface area contributed by atoms with E-state index in [9.17, 15) is 9.59 Å². The first-order chi connectivity index (χ1) is 12.7. The lowest BCUT2D eigenvalue weighted by Gasteiger charge is -2.35. The number of hydrogen-bond donors (Lipinski definition) is 2. The van der Waals surface area contributed by atoms with E-state index in [1.165, 1.54) is 12.8 Å². The van der Waals surface area contributed by atoms with Gasteiger partial charge in [0, 0.05) is 32.2 Å². The van der Waals surface area contributed by atoms with Crippen molar-refractivity contribution in [2.75, 3.05) is 26.2 Å². The number of nitrogens with zero attached hydrogens (tertiary/aromatic N) is 3. The van der Waals surface area contributed by atoms with E-state index in [2.05, 4.69) is 15.3 Å². The third-order valence-electron chi connectivity index (χ3n) is 5.44. The van der Waals surface area contributed by atoms with Gasteiger partial charge in [0.15, 0.2) is 0 Å². The third-order valence-corrected chi connectivity index (χ3v) is 5.44. The summed E-state index contributed by atoms with van der Waals surface area (Å²) in [6, 6.07) is 6.21. The van der Waals surface area contributed by atoms with Gasteiger partial charge < -0.3 is 20.1 Å². The molecule has 1 aromatic carbocycles. The maximum Gasteiger partial charge on any atom is 0.317 e. The molecule has 26 heavy (non-hydrogen) atoms. The number of carbonyl (C=O) groups is 2. The first kappa shape index (κ1) is 16.9. The molecule has 1 saturated heterocycles. The Labute approximate surface area is 152 Å². The van der Waals surface area contributed by atoms with E-state index in [4.69, 9.17) is 0 Å². The lowest BCUT2D eigenvalue weighted by atomic mass is 10.1. The van der Waals surface area contributed by atoms with Gasteiger partial charge in [-0.05, 0) is 30.5 Å². The minimum Gasteiger partial charge on any atom is -0.345 e. The highest BCUT2D eigenvalue weighted by Crippen LogP contribution is 2.18. The summed E-state index contributed by atoms with van der Waals surface area (Å²) in [4.78, 5) is 35.9. The number of amides is 3. The van der Waals surface area contributed by atoms with Crippen LogP contribution >= 0.6 is 0 Å². The summed E-state index contributed by atoms with van der Waals surface area (Å²) in [5.41, 5.74) is 2.83. The number of aromatic amines is 1.